The Labute approximate surface area is 104 Å². The first-order valence-electron chi connectivity index (χ1n) is 5.24. The fraction of sp³-hybridized carbons (Fsp3) is 0.333. The lowest BCUT2D eigenvalue weighted by Crippen LogP contribution is -2.40. The maximum Gasteiger partial charge on any atom is 0.326 e. The molecule has 1 heterocycles. The van der Waals surface area contributed by atoms with Crippen LogP contribution in [0.1, 0.15) is 29.3 Å². The van der Waals surface area contributed by atoms with Crippen molar-refractivity contribution in [1.29, 1.82) is 0 Å². The maximum absolute atomic E-state index is 11.8. The molecule has 1 amide bonds. The van der Waals surface area contributed by atoms with Crippen LogP contribution in [0.25, 0.3) is 0 Å². The van der Waals surface area contributed by atoms with Crippen LogP contribution in [0.2, 0.25) is 0 Å². The van der Waals surface area contributed by atoms with Gasteiger partial charge in [-0.3, -0.25) is 4.79 Å². The van der Waals surface area contributed by atoms with Gasteiger partial charge in [-0.05, 0) is 31.2 Å². The molecule has 1 rings (SSSR count). The first-order chi connectivity index (χ1) is 8.06. The number of rotatable bonds is 5. The molecular weight excluding hydrogens is 238 g/mol. The van der Waals surface area contributed by atoms with E-state index < -0.39 is 12.0 Å². The summed E-state index contributed by atoms with van der Waals surface area (Å²) in [6.45, 7) is 3.64. The molecule has 0 spiro atoms. The van der Waals surface area contributed by atoms with Crippen molar-refractivity contribution in [2.75, 3.05) is 0 Å². The third-order valence-electron chi connectivity index (χ3n) is 2.31. The summed E-state index contributed by atoms with van der Waals surface area (Å²) in [5.41, 5.74) is 1.41. The van der Waals surface area contributed by atoms with Gasteiger partial charge in [0.25, 0.3) is 5.91 Å². The van der Waals surface area contributed by atoms with Crippen LogP contribution >= 0.6 is 11.3 Å². The summed E-state index contributed by atoms with van der Waals surface area (Å²) in [7, 11) is 0. The Balaban J connectivity index is 2.71. The quantitative estimate of drug-likeness (QED) is 0.791. The van der Waals surface area contributed by atoms with Crippen LogP contribution in [-0.2, 0) is 4.79 Å². The lowest BCUT2D eigenvalue weighted by atomic mass is 10.1. The lowest BCUT2D eigenvalue weighted by Gasteiger charge is -2.12. The first-order valence-corrected chi connectivity index (χ1v) is 6.18. The van der Waals surface area contributed by atoms with Gasteiger partial charge in [0.1, 0.15) is 6.04 Å². The smallest absolute Gasteiger partial charge is 0.326 e. The normalized spacial score (nSPS) is 12.6. The summed E-state index contributed by atoms with van der Waals surface area (Å²) < 4.78 is 0. The molecule has 0 radical (unpaired) electrons. The third kappa shape index (κ3) is 3.71. The molecule has 5 heteroatoms. The Kier molecular flexibility index (Phi) is 4.90. The standard InChI is InChI=1S/C12H15NO3S/c1-3-4-5-10(12(15)16)13-11(14)9-7-17-6-8(9)2/h3-4,6-7,10H,5H2,1-2H3,(H,13,14)(H,15,16)/b4-3+. The summed E-state index contributed by atoms with van der Waals surface area (Å²) in [6, 6.07) is -0.877. The molecule has 17 heavy (non-hydrogen) atoms. The van der Waals surface area contributed by atoms with Crippen LogP contribution in [0.5, 0.6) is 0 Å². The van der Waals surface area contributed by atoms with Crippen LogP contribution in [0.15, 0.2) is 22.9 Å². The Morgan fingerprint density at radius 1 is 1.53 bits per heavy atom. The van der Waals surface area contributed by atoms with E-state index in [1.165, 1.54) is 11.3 Å². The summed E-state index contributed by atoms with van der Waals surface area (Å²) >= 11 is 1.43. The van der Waals surface area contributed by atoms with Gasteiger partial charge in [-0.2, -0.15) is 11.3 Å². The van der Waals surface area contributed by atoms with Gasteiger partial charge in [0.2, 0.25) is 0 Å². The van der Waals surface area contributed by atoms with Crippen molar-refractivity contribution in [1.82, 2.24) is 5.32 Å². The summed E-state index contributed by atoms with van der Waals surface area (Å²) in [5.74, 6) is -1.36. The molecule has 0 saturated carbocycles. The van der Waals surface area contributed by atoms with Gasteiger partial charge in [-0.1, -0.05) is 12.2 Å². The van der Waals surface area contributed by atoms with Gasteiger partial charge in [-0.25, -0.2) is 4.79 Å². The molecule has 0 aliphatic rings. The van der Waals surface area contributed by atoms with Crippen molar-refractivity contribution in [3.63, 3.8) is 0 Å². The number of hydrogen-bond donors (Lipinski definition) is 2. The summed E-state index contributed by atoms with van der Waals surface area (Å²) in [4.78, 5) is 22.8. The Hall–Kier alpha value is -1.62. The second-order valence-electron chi connectivity index (χ2n) is 3.64. The van der Waals surface area contributed by atoms with Crippen molar-refractivity contribution < 1.29 is 14.7 Å². The molecule has 2 N–H and O–H groups in total. The molecule has 0 aliphatic carbocycles. The maximum atomic E-state index is 11.8. The summed E-state index contributed by atoms with van der Waals surface area (Å²) in [6.07, 6.45) is 3.78. The molecule has 0 fully saturated rings. The second kappa shape index (κ2) is 6.20. The molecule has 0 aliphatic heterocycles. The van der Waals surface area contributed by atoms with E-state index in [4.69, 9.17) is 5.11 Å². The molecule has 1 unspecified atom stereocenters. The average molecular weight is 253 g/mol. The highest BCUT2D eigenvalue weighted by Gasteiger charge is 2.20. The largest absolute Gasteiger partial charge is 0.480 e. The van der Waals surface area contributed by atoms with Gasteiger partial charge in [0.05, 0.1) is 5.56 Å². The number of aryl methyl sites for hydroxylation is 1. The van der Waals surface area contributed by atoms with Crippen LogP contribution in [0.3, 0.4) is 0 Å². The average Bonchev–Trinajstić information content (AvgIpc) is 2.70. The van der Waals surface area contributed by atoms with Crippen LogP contribution in [0, 0.1) is 6.92 Å². The van der Waals surface area contributed by atoms with E-state index in [1.807, 2.05) is 19.2 Å². The van der Waals surface area contributed by atoms with Crippen molar-refractivity contribution in [3.8, 4) is 0 Å². The number of carboxylic acids is 1. The minimum atomic E-state index is -1.02. The number of carboxylic acid groups (broad SMARTS) is 1. The zero-order valence-electron chi connectivity index (χ0n) is 9.77. The van der Waals surface area contributed by atoms with Crippen molar-refractivity contribution in [2.24, 2.45) is 0 Å². The van der Waals surface area contributed by atoms with E-state index in [9.17, 15) is 9.59 Å². The van der Waals surface area contributed by atoms with E-state index in [0.717, 1.165) is 5.56 Å². The molecule has 0 aromatic carbocycles. The fourth-order valence-corrected chi connectivity index (χ4v) is 2.15. The van der Waals surface area contributed by atoms with Crippen molar-refractivity contribution in [3.05, 3.63) is 34.0 Å². The highest BCUT2D eigenvalue weighted by molar-refractivity contribution is 7.08. The lowest BCUT2D eigenvalue weighted by molar-refractivity contribution is -0.139. The molecular formula is C12H15NO3S. The number of nitrogens with one attached hydrogen (secondary N) is 1. The topological polar surface area (TPSA) is 66.4 Å². The number of thiophene rings is 1. The van der Waals surface area contributed by atoms with Crippen molar-refractivity contribution in [2.45, 2.75) is 26.3 Å². The molecule has 1 atom stereocenters. The minimum absolute atomic E-state index is 0.292. The summed E-state index contributed by atoms with van der Waals surface area (Å²) in [5, 5.41) is 15.1. The Bertz CT molecular complexity index is 437. The number of allylic oxidation sites excluding steroid dienone is 1. The van der Waals surface area contributed by atoms with Gasteiger partial charge in [0.15, 0.2) is 0 Å². The highest BCUT2D eigenvalue weighted by Crippen LogP contribution is 2.13. The van der Waals surface area contributed by atoms with Crippen LogP contribution < -0.4 is 5.32 Å². The first kappa shape index (κ1) is 13.4. The Morgan fingerprint density at radius 3 is 2.71 bits per heavy atom. The molecule has 92 valence electrons. The number of carbonyl (C=O) groups is 2. The third-order valence-corrected chi connectivity index (χ3v) is 3.17. The van der Waals surface area contributed by atoms with Crippen molar-refractivity contribution >= 4 is 23.2 Å². The zero-order chi connectivity index (χ0) is 12.8. The van der Waals surface area contributed by atoms with Crippen LogP contribution in [0.4, 0.5) is 0 Å². The second-order valence-corrected chi connectivity index (χ2v) is 4.38. The number of amides is 1. The van der Waals surface area contributed by atoms with E-state index in [1.54, 1.807) is 17.5 Å². The number of hydrogen-bond acceptors (Lipinski definition) is 3. The van der Waals surface area contributed by atoms with Gasteiger partial charge < -0.3 is 10.4 Å². The molecule has 0 bridgehead atoms. The minimum Gasteiger partial charge on any atom is -0.480 e. The van der Waals surface area contributed by atoms with Gasteiger partial charge >= 0.3 is 5.97 Å². The highest BCUT2D eigenvalue weighted by atomic mass is 32.1. The van der Waals surface area contributed by atoms with E-state index in [2.05, 4.69) is 5.32 Å². The van der Waals surface area contributed by atoms with E-state index in [0.29, 0.717) is 12.0 Å². The predicted octanol–water partition coefficient (Wildman–Crippen LogP) is 2.21. The molecule has 0 saturated heterocycles. The van der Waals surface area contributed by atoms with Gasteiger partial charge in [-0.15, -0.1) is 0 Å². The SMILES string of the molecule is C/C=C/CC(NC(=O)c1cscc1C)C(=O)O. The molecule has 1 aromatic rings. The molecule has 4 nitrogen and oxygen atoms in total. The fourth-order valence-electron chi connectivity index (χ4n) is 1.32. The van der Waals surface area contributed by atoms with Crippen LogP contribution in [-0.4, -0.2) is 23.0 Å². The number of aliphatic carboxylic acids is 1. The van der Waals surface area contributed by atoms with E-state index in [-0.39, 0.29) is 5.91 Å². The number of carbonyl (C=O) groups excluding carboxylic acids is 1. The zero-order valence-corrected chi connectivity index (χ0v) is 10.6. The monoisotopic (exact) mass is 253 g/mol. The van der Waals surface area contributed by atoms with Gasteiger partial charge in [0, 0.05) is 5.38 Å². The Morgan fingerprint density at radius 2 is 2.24 bits per heavy atom. The van der Waals surface area contributed by atoms with E-state index >= 15 is 0 Å². The predicted molar refractivity (Wildman–Crippen MR) is 67.4 cm³/mol. The molecule has 1 aromatic heterocycles.